The summed E-state index contributed by atoms with van der Waals surface area (Å²) in [6.07, 6.45) is 0. The standard InChI is InChI=1S/C20H16N4OS3/c25-18(13-27-20-22-19(23-24-20)17-11-6-12-26-17)21-15-9-4-5-10-16(15)28-14-7-2-1-3-8-14/h1-12H,13H2,(H,21,25)(H,22,23,24). The van der Waals surface area contributed by atoms with E-state index in [2.05, 4.69) is 20.5 Å². The lowest BCUT2D eigenvalue weighted by atomic mass is 10.3. The predicted molar refractivity (Wildman–Crippen MR) is 116 cm³/mol. The van der Waals surface area contributed by atoms with Crippen LogP contribution in [0.3, 0.4) is 0 Å². The minimum atomic E-state index is -0.0893. The Labute approximate surface area is 175 Å². The fourth-order valence-corrected chi connectivity index (χ4v) is 4.61. The summed E-state index contributed by atoms with van der Waals surface area (Å²) in [6.45, 7) is 0. The maximum Gasteiger partial charge on any atom is 0.234 e. The van der Waals surface area contributed by atoms with E-state index in [-0.39, 0.29) is 11.7 Å². The van der Waals surface area contributed by atoms with Gasteiger partial charge in [-0.25, -0.2) is 4.98 Å². The molecular weight excluding hydrogens is 408 g/mol. The molecule has 4 aromatic rings. The van der Waals surface area contributed by atoms with Crippen molar-refractivity contribution in [3.05, 3.63) is 72.1 Å². The molecule has 4 rings (SSSR count). The minimum absolute atomic E-state index is 0.0893. The quantitative estimate of drug-likeness (QED) is 0.388. The van der Waals surface area contributed by atoms with Crippen molar-refractivity contribution in [3.63, 3.8) is 0 Å². The molecule has 0 aliphatic carbocycles. The van der Waals surface area contributed by atoms with Crippen LogP contribution in [0.2, 0.25) is 0 Å². The highest BCUT2D eigenvalue weighted by molar-refractivity contribution is 8.00. The monoisotopic (exact) mass is 424 g/mol. The van der Waals surface area contributed by atoms with Crippen LogP contribution < -0.4 is 5.32 Å². The van der Waals surface area contributed by atoms with Crippen LogP contribution in [0.5, 0.6) is 0 Å². The molecular formula is C20H16N4OS3. The van der Waals surface area contributed by atoms with E-state index in [4.69, 9.17) is 0 Å². The van der Waals surface area contributed by atoms with Crippen molar-refractivity contribution in [2.24, 2.45) is 0 Å². The number of aromatic nitrogens is 3. The predicted octanol–water partition coefficient (Wildman–Crippen LogP) is 5.42. The Hall–Kier alpha value is -2.55. The van der Waals surface area contributed by atoms with E-state index in [1.807, 2.05) is 72.1 Å². The van der Waals surface area contributed by atoms with Gasteiger partial charge in [0.05, 0.1) is 16.3 Å². The molecule has 2 heterocycles. The zero-order valence-corrected chi connectivity index (χ0v) is 17.1. The lowest BCUT2D eigenvalue weighted by molar-refractivity contribution is -0.113. The molecule has 0 unspecified atom stereocenters. The fraction of sp³-hybridized carbons (Fsp3) is 0.0500. The average molecular weight is 425 g/mol. The van der Waals surface area contributed by atoms with Crippen molar-refractivity contribution >= 4 is 46.5 Å². The third-order valence-electron chi connectivity index (χ3n) is 3.68. The van der Waals surface area contributed by atoms with Crippen LogP contribution >= 0.6 is 34.9 Å². The third kappa shape index (κ3) is 4.83. The van der Waals surface area contributed by atoms with Crippen molar-refractivity contribution in [1.82, 2.24) is 15.2 Å². The van der Waals surface area contributed by atoms with Gasteiger partial charge in [-0.15, -0.1) is 16.4 Å². The summed E-state index contributed by atoms with van der Waals surface area (Å²) in [7, 11) is 0. The molecule has 0 radical (unpaired) electrons. The van der Waals surface area contributed by atoms with Crippen molar-refractivity contribution < 1.29 is 4.79 Å². The Balaban J connectivity index is 1.36. The Morgan fingerprint density at radius 2 is 1.86 bits per heavy atom. The largest absolute Gasteiger partial charge is 0.324 e. The molecule has 2 N–H and O–H groups in total. The highest BCUT2D eigenvalue weighted by Crippen LogP contribution is 2.33. The van der Waals surface area contributed by atoms with Crippen LogP contribution in [0.1, 0.15) is 0 Å². The van der Waals surface area contributed by atoms with Gasteiger partial charge in [0.1, 0.15) is 0 Å². The summed E-state index contributed by atoms with van der Waals surface area (Å²) in [4.78, 5) is 20.0. The molecule has 0 bridgehead atoms. The number of para-hydroxylation sites is 1. The Bertz CT molecular complexity index is 1050. The van der Waals surface area contributed by atoms with E-state index in [0.29, 0.717) is 5.16 Å². The number of nitrogens with one attached hydrogen (secondary N) is 2. The van der Waals surface area contributed by atoms with Gasteiger partial charge in [0.15, 0.2) is 5.82 Å². The van der Waals surface area contributed by atoms with Gasteiger partial charge in [-0.3, -0.25) is 9.89 Å². The van der Waals surface area contributed by atoms with Gasteiger partial charge in [0.25, 0.3) is 0 Å². The van der Waals surface area contributed by atoms with E-state index in [1.54, 1.807) is 23.1 Å². The van der Waals surface area contributed by atoms with Gasteiger partial charge in [-0.2, -0.15) is 0 Å². The lowest BCUT2D eigenvalue weighted by Crippen LogP contribution is -2.14. The molecule has 0 aliphatic heterocycles. The molecule has 2 aromatic heterocycles. The number of hydrogen-bond donors (Lipinski definition) is 2. The van der Waals surface area contributed by atoms with Gasteiger partial charge in [-0.05, 0) is 35.7 Å². The van der Waals surface area contributed by atoms with E-state index < -0.39 is 0 Å². The first-order valence-electron chi connectivity index (χ1n) is 8.49. The third-order valence-corrected chi connectivity index (χ3v) is 6.49. The Morgan fingerprint density at radius 3 is 2.68 bits per heavy atom. The number of benzene rings is 2. The SMILES string of the molecule is O=C(CSc1n[nH]c(-c2cccs2)n1)Nc1ccccc1Sc1ccccc1. The molecule has 0 aliphatic rings. The molecule has 0 saturated carbocycles. The highest BCUT2D eigenvalue weighted by atomic mass is 32.2. The first kappa shape index (κ1) is 18.8. The van der Waals surface area contributed by atoms with Crippen LogP contribution in [0.15, 0.2) is 87.1 Å². The Morgan fingerprint density at radius 1 is 1.04 bits per heavy atom. The summed E-state index contributed by atoms with van der Waals surface area (Å²) in [5, 5.41) is 12.6. The molecule has 1 amide bonds. The Kier molecular flexibility index (Phi) is 6.11. The fourth-order valence-electron chi connectivity index (χ4n) is 2.43. The first-order chi connectivity index (χ1) is 13.8. The summed E-state index contributed by atoms with van der Waals surface area (Å²) >= 11 is 4.52. The van der Waals surface area contributed by atoms with E-state index >= 15 is 0 Å². The van der Waals surface area contributed by atoms with Gasteiger partial charge in [0, 0.05) is 9.79 Å². The summed E-state index contributed by atoms with van der Waals surface area (Å²) in [6, 6.07) is 21.8. The highest BCUT2D eigenvalue weighted by Gasteiger charge is 2.11. The normalized spacial score (nSPS) is 10.7. The zero-order chi connectivity index (χ0) is 19.2. The minimum Gasteiger partial charge on any atom is -0.324 e. The maximum absolute atomic E-state index is 12.4. The number of carbonyl (C=O) groups is 1. The number of H-pyrrole nitrogens is 1. The molecule has 2 aromatic carbocycles. The second-order valence-electron chi connectivity index (χ2n) is 5.69. The molecule has 0 fully saturated rings. The number of amides is 1. The van der Waals surface area contributed by atoms with Gasteiger partial charge < -0.3 is 5.32 Å². The first-order valence-corrected chi connectivity index (χ1v) is 11.2. The van der Waals surface area contributed by atoms with Crippen LogP contribution in [0.25, 0.3) is 10.7 Å². The maximum atomic E-state index is 12.4. The zero-order valence-electron chi connectivity index (χ0n) is 14.7. The number of nitrogens with zero attached hydrogens (tertiary/aromatic N) is 2. The van der Waals surface area contributed by atoms with Crippen molar-refractivity contribution in [2.75, 3.05) is 11.1 Å². The van der Waals surface area contributed by atoms with Crippen LogP contribution in [0, 0.1) is 0 Å². The van der Waals surface area contributed by atoms with Gasteiger partial charge in [-0.1, -0.05) is 59.9 Å². The molecule has 0 atom stereocenters. The van der Waals surface area contributed by atoms with Crippen molar-refractivity contribution in [2.45, 2.75) is 14.9 Å². The topological polar surface area (TPSA) is 70.7 Å². The van der Waals surface area contributed by atoms with Crippen LogP contribution in [-0.4, -0.2) is 26.8 Å². The van der Waals surface area contributed by atoms with Crippen LogP contribution in [-0.2, 0) is 4.79 Å². The second kappa shape index (κ2) is 9.09. The van der Waals surface area contributed by atoms with Crippen molar-refractivity contribution in [3.8, 4) is 10.7 Å². The average Bonchev–Trinajstić information content (AvgIpc) is 3.40. The summed E-state index contributed by atoms with van der Waals surface area (Å²) in [5.74, 6) is 0.877. The number of carbonyl (C=O) groups excluding carboxylic acids is 1. The lowest BCUT2D eigenvalue weighted by Gasteiger charge is -2.10. The summed E-state index contributed by atoms with van der Waals surface area (Å²) < 4.78 is 0. The number of thiophene rings is 1. The van der Waals surface area contributed by atoms with Gasteiger partial charge in [0.2, 0.25) is 11.1 Å². The van der Waals surface area contributed by atoms with Gasteiger partial charge >= 0.3 is 0 Å². The van der Waals surface area contributed by atoms with E-state index in [0.717, 1.165) is 26.2 Å². The molecule has 8 heteroatoms. The van der Waals surface area contributed by atoms with E-state index in [1.165, 1.54) is 11.8 Å². The molecule has 0 saturated heterocycles. The summed E-state index contributed by atoms with van der Waals surface area (Å²) in [5.41, 5.74) is 0.802. The van der Waals surface area contributed by atoms with Crippen LogP contribution in [0.4, 0.5) is 5.69 Å². The molecule has 5 nitrogen and oxygen atoms in total. The van der Waals surface area contributed by atoms with Crippen molar-refractivity contribution in [1.29, 1.82) is 0 Å². The number of anilines is 1. The van der Waals surface area contributed by atoms with E-state index in [9.17, 15) is 4.79 Å². The number of aromatic amines is 1. The molecule has 0 spiro atoms. The molecule has 28 heavy (non-hydrogen) atoms. The number of hydrogen-bond acceptors (Lipinski definition) is 6. The number of thioether (sulfide) groups is 1. The smallest absolute Gasteiger partial charge is 0.234 e. The second-order valence-corrected chi connectivity index (χ2v) is 8.70. The number of rotatable bonds is 7. The molecule has 140 valence electrons.